The Kier molecular flexibility index (Phi) is 7.46. The predicted molar refractivity (Wildman–Crippen MR) is 114 cm³/mol. The van der Waals surface area contributed by atoms with Gasteiger partial charge in [-0.05, 0) is 76.0 Å². The molecule has 0 aromatic carbocycles. The molecule has 0 radical (unpaired) electrons. The number of aryl methyl sites for hydroxylation is 2. The molecule has 0 spiro atoms. The number of pyridine rings is 1. The second-order valence-electron chi connectivity index (χ2n) is 8.82. The van der Waals surface area contributed by atoms with Crippen molar-refractivity contribution in [3.8, 4) is 0 Å². The van der Waals surface area contributed by atoms with E-state index in [-0.39, 0.29) is 17.6 Å². The van der Waals surface area contributed by atoms with Crippen LogP contribution in [0.15, 0.2) is 16.9 Å². The van der Waals surface area contributed by atoms with Crippen molar-refractivity contribution in [3.63, 3.8) is 0 Å². The Morgan fingerprint density at radius 1 is 1.22 bits per heavy atom. The van der Waals surface area contributed by atoms with Crippen molar-refractivity contribution in [1.82, 2.24) is 9.29 Å². The van der Waals surface area contributed by atoms with E-state index < -0.39 is 0 Å². The van der Waals surface area contributed by atoms with E-state index in [4.69, 9.17) is 4.74 Å². The van der Waals surface area contributed by atoms with Gasteiger partial charge in [-0.3, -0.25) is 9.52 Å². The van der Waals surface area contributed by atoms with E-state index in [1.807, 2.05) is 17.6 Å². The maximum Gasteiger partial charge on any atom is 0.254 e. The second-order valence-corrected chi connectivity index (χ2v) is 9.47. The van der Waals surface area contributed by atoms with Crippen molar-refractivity contribution in [2.45, 2.75) is 83.9 Å². The van der Waals surface area contributed by atoms with Crippen LogP contribution in [0.25, 0.3) is 0 Å². The quantitative estimate of drug-likeness (QED) is 0.694. The molecule has 0 bridgehead atoms. The van der Waals surface area contributed by atoms with Gasteiger partial charge in [0.1, 0.15) is 0 Å². The molecule has 2 aliphatic rings. The van der Waals surface area contributed by atoms with Gasteiger partial charge in [-0.25, -0.2) is 0 Å². The first kappa shape index (κ1) is 20.9. The first-order valence-electron chi connectivity index (χ1n) is 10.6. The van der Waals surface area contributed by atoms with Crippen LogP contribution in [-0.4, -0.2) is 29.6 Å². The normalized spacial score (nSPS) is 28.3. The summed E-state index contributed by atoms with van der Waals surface area (Å²) in [6.07, 6.45) is 10.7. The zero-order valence-corrected chi connectivity index (χ0v) is 18.2. The van der Waals surface area contributed by atoms with Crippen LogP contribution in [0.4, 0.5) is 0 Å². The second kappa shape index (κ2) is 9.62. The number of fused-ring (bicyclic) bond motifs is 1. The predicted octanol–water partition coefficient (Wildman–Crippen LogP) is 4.50. The van der Waals surface area contributed by atoms with Gasteiger partial charge in [-0.2, -0.15) is 0 Å². The van der Waals surface area contributed by atoms with Crippen LogP contribution in [-0.2, 0) is 11.2 Å². The standard InChI is InChI=1S/C22H36N2O2S/c1-15(2)13-17-6-10-19(11-7-17)26-14-21-20(23-27-4)12-9-18-8-5-16(3)22(25)24(18)21/h5,8,15,17,19-21,23H,6-7,9-14H2,1-4H3. The van der Waals surface area contributed by atoms with Gasteiger partial charge >= 0.3 is 0 Å². The van der Waals surface area contributed by atoms with Gasteiger partial charge in [0, 0.05) is 17.3 Å². The smallest absolute Gasteiger partial charge is 0.254 e. The monoisotopic (exact) mass is 392 g/mol. The Bertz CT molecular complexity index is 665. The van der Waals surface area contributed by atoms with Crippen molar-refractivity contribution >= 4 is 11.9 Å². The minimum atomic E-state index is 0.0852. The highest BCUT2D eigenvalue weighted by Gasteiger charge is 2.32. The van der Waals surface area contributed by atoms with Crippen LogP contribution in [0, 0.1) is 18.8 Å². The molecule has 5 heteroatoms. The van der Waals surface area contributed by atoms with E-state index in [9.17, 15) is 4.79 Å². The Labute approximate surface area is 168 Å². The summed E-state index contributed by atoms with van der Waals surface area (Å²) in [5.74, 6) is 1.66. The molecule has 4 nitrogen and oxygen atoms in total. The Balaban J connectivity index is 1.66. The molecule has 2 heterocycles. The SMILES string of the molecule is CSNC1CCc2ccc(C)c(=O)n2C1COC1CCC(CC(C)C)CC1. The summed E-state index contributed by atoms with van der Waals surface area (Å²) in [5, 5.41) is 0. The van der Waals surface area contributed by atoms with Crippen molar-refractivity contribution in [1.29, 1.82) is 0 Å². The molecule has 1 aromatic rings. The number of nitrogens with one attached hydrogen (secondary N) is 1. The van der Waals surface area contributed by atoms with Crippen molar-refractivity contribution in [2.75, 3.05) is 12.9 Å². The van der Waals surface area contributed by atoms with Crippen LogP contribution in [0.3, 0.4) is 0 Å². The van der Waals surface area contributed by atoms with Crippen molar-refractivity contribution < 1.29 is 4.74 Å². The van der Waals surface area contributed by atoms with Crippen molar-refractivity contribution in [2.24, 2.45) is 11.8 Å². The summed E-state index contributed by atoms with van der Waals surface area (Å²) >= 11 is 1.64. The summed E-state index contributed by atoms with van der Waals surface area (Å²) in [6, 6.07) is 4.45. The minimum Gasteiger partial charge on any atom is -0.376 e. The summed E-state index contributed by atoms with van der Waals surface area (Å²) in [6.45, 7) is 7.19. The molecule has 2 atom stereocenters. The third kappa shape index (κ3) is 5.18. The highest BCUT2D eigenvalue weighted by Crippen LogP contribution is 2.32. The fourth-order valence-corrected chi connectivity index (χ4v) is 5.43. The molecule has 1 saturated carbocycles. The fraction of sp³-hybridized carbons (Fsp3) is 0.773. The third-order valence-corrected chi connectivity index (χ3v) is 6.81. The lowest BCUT2D eigenvalue weighted by Gasteiger charge is -2.37. The molecule has 1 aliphatic heterocycles. The number of nitrogens with zero attached hydrogens (tertiary/aromatic N) is 1. The molecule has 152 valence electrons. The molecule has 1 N–H and O–H groups in total. The molecule has 27 heavy (non-hydrogen) atoms. The number of hydrogen-bond acceptors (Lipinski definition) is 4. The average molecular weight is 393 g/mol. The Hall–Kier alpha value is -0.780. The highest BCUT2D eigenvalue weighted by molar-refractivity contribution is 7.96. The first-order chi connectivity index (χ1) is 13.0. The molecule has 1 aromatic heterocycles. The maximum atomic E-state index is 12.8. The average Bonchev–Trinajstić information content (AvgIpc) is 2.65. The molecule has 0 amide bonds. The largest absolute Gasteiger partial charge is 0.376 e. The van der Waals surface area contributed by atoms with Crippen LogP contribution < -0.4 is 10.3 Å². The van der Waals surface area contributed by atoms with Gasteiger partial charge in [-0.1, -0.05) is 31.9 Å². The van der Waals surface area contributed by atoms with Gasteiger partial charge in [0.2, 0.25) is 0 Å². The zero-order valence-electron chi connectivity index (χ0n) is 17.4. The van der Waals surface area contributed by atoms with Gasteiger partial charge in [0.05, 0.1) is 18.8 Å². The van der Waals surface area contributed by atoms with E-state index in [1.165, 1.54) is 32.1 Å². The van der Waals surface area contributed by atoms with E-state index >= 15 is 0 Å². The van der Waals surface area contributed by atoms with Gasteiger partial charge in [0.25, 0.3) is 5.56 Å². The van der Waals surface area contributed by atoms with Crippen LogP contribution in [0.2, 0.25) is 0 Å². The summed E-state index contributed by atoms with van der Waals surface area (Å²) < 4.78 is 11.9. The van der Waals surface area contributed by atoms with Crippen LogP contribution in [0.5, 0.6) is 0 Å². The lowest BCUT2D eigenvalue weighted by Crippen LogP contribution is -2.46. The van der Waals surface area contributed by atoms with Gasteiger partial charge in [-0.15, -0.1) is 0 Å². The number of hydrogen-bond donors (Lipinski definition) is 1. The number of aromatic nitrogens is 1. The van der Waals surface area contributed by atoms with E-state index in [2.05, 4.69) is 30.9 Å². The van der Waals surface area contributed by atoms with Crippen molar-refractivity contribution in [3.05, 3.63) is 33.7 Å². The Morgan fingerprint density at radius 3 is 2.63 bits per heavy atom. The molecule has 0 saturated heterocycles. The molecular formula is C22H36N2O2S. The molecule has 1 fully saturated rings. The number of rotatable bonds is 7. The first-order valence-corrected chi connectivity index (χ1v) is 11.8. The molecule has 2 unspecified atom stereocenters. The fourth-order valence-electron chi connectivity index (χ4n) is 4.85. The maximum absolute atomic E-state index is 12.8. The summed E-state index contributed by atoms with van der Waals surface area (Å²) in [5.41, 5.74) is 2.12. The van der Waals surface area contributed by atoms with Gasteiger partial charge in [0.15, 0.2) is 0 Å². The van der Waals surface area contributed by atoms with E-state index in [0.717, 1.165) is 35.9 Å². The lowest BCUT2D eigenvalue weighted by molar-refractivity contribution is -0.00802. The minimum absolute atomic E-state index is 0.0852. The van der Waals surface area contributed by atoms with Crippen LogP contribution >= 0.6 is 11.9 Å². The molecular weight excluding hydrogens is 356 g/mol. The Morgan fingerprint density at radius 2 is 1.96 bits per heavy atom. The summed E-state index contributed by atoms with van der Waals surface area (Å²) in [7, 11) is 0. The third-order valence-electron chi connectivity index (χ3n) is 6.27. The molecule has 1 aliphatic carbocycles. The number of ether oxygens (including phenoxy) is 1. The van der Waals surface area contributed by atoms with E-state index in [0.29, 0.717) is 12.7 Å². The zero-order chi connectivity index (χ0) is 19.4. The van der Waals surface area contributed by atoms with Crippen LogP contribution in [0.1, 0.15) is 69.7 Å². The van der Waals surface area contributed by atoms with E-state index in [1.54, 1.807) is 11.9 Å². The lowest BCUT2D eigenvalue weighted by atomic mass is 9.82. The topological polar surface area (TPSA) is 43.3 Å². The summed E-state index contributed by atoms with van der Waals surface area (Å²) in [4.78, 5) is 12.8. The van der Waals surface area contributed by atoms with Gasteiger partial charge < -0.3 is 9.30 Å². The highest BCUT2D eigenvalue weighted by atomic mass is 32.2. The molecule has 3 rings (SSSR count).